The minimum atomic E-state index is 0.597. The smallest absolute Gasteiger partial charge is 0.149 e. The third-order valence-corrected chi connectivity index (χ3v) is 5.17. The zero-order valence-corrected chi connectivity index (χ0v) is 17.8. The lowest BCUT2D eigenvalue weighted by molar-refractivity contribution is 0.464. The molecule has 0 spiro atoms. The van der Waals surface area contributed by atoms with Gasteiger partial charge in [0, 0.05) is 18.2 Å². The first kappa shape index (κ1) is 20.7. The lowest BCUT2D eigenvalue weighted by atomic mass is 9.99. The van der Waals surface area contributed by atoms with Crippen molar-refractivity contribution in [1.29, 1.82) is 5.26 Å². The monoisotopic (exact) mass is 386 g/mol. The number of nitrogens with one attached hydrogen (secondary N) is 1. The van der Waals surface area contributed by atoms with Gasteiger partial charge in [0.1, 0.15) is 5.82 Å². The molecule has 0 aliphatic carbocycles. The van der Waals surface area contributed by atoms with Gasteiger partial charge in [-0.05, 0) is 49.4 Å². The molecule has 4 heteroatoms. The van der Waals surface area contributed by atoms with Crippen LogP contribution in [0.1, 0.15) is 44.7 Å². The summed E-state index contributed by atoms with van der Waals surface area (Å²) in [6.45, 7) is 9.83. The van der Waals surface area contributed by atoms with E-state index in [1.54, 1.807) is 0 Å². The highest BCUT2D eigenvalue weighted by Gasteiger charge is 2.13. The molecule has 1 aromatic heterocycles. The van der Waals surface area contributed by atoms with Crippen LogP contribution >= 0.6 is 0 Å². The molecule has 0 amide bonds. The Morgan fingerprint density at radius 1 is 1.00 bits per heavy atom. The van der Waals surface area contributed by atoms with Gasteiger partial charge < -0.3 is 5.32 Å². The summed E-state index contributed by atoms with van der Waals surface area (Å²) >= 11 is 0. The summed E-state index contributed by atoms with van der Waals surface area (Å²) in [7, 11) is 0. The first-order valence-electron chi connectivity index (χ1n) is 10.4. The molecule has 0 saturated heterocycles. The number of anilines is 1. The molecule has 1 unspecified atom stereocenters. The molecular weight excluding hydrogens is 356 g/mol. The minimum absolute atomic E-state index is 0.597. The van der Waals surface area contributed by atoms with E-state index < -0.39 is 0 Å². The maximum atomic E-state index is 9.08. The highest BCUT2D eigenvalue weighted by molar-refractivity contribution is 5.66. The second kappa shape index (κ2) is 9.43. The lowest BCUT2D eigenvalue weighted by Crippen LogP contribution is -2.12. The highest BCUT2D eigenvalue weighted by Crippen LogP contribution is 2.27. The van der Waals surface area contributed by atoms with Crippen LogP contribution in [0.3, 0.4) is 0 Å². The fourth-order valence-electron chi connectivity index (χ4n) is 3.27. The summed E-state index contributed by atoms with van der Waals surface area (Å²) in [6, 6.07) is 20.3. The van der Waals surface area contributed by atoms with Gasteiger partial charge in [-0.25, -0.2) is 4.68 Å². The molecule has 0 radical (unpaired) electrons. The van der Waals surface area contributed by atoms with Crippen molar-refractivity contribution in [2.75, 3.05) is 11.9 Å². The molecule has 0 bridgehead atoms. The predicted octanol–water partition coefficient (Wildman–Crippen LogP) is 6.20. The molecule has 3 rings (SSSR count). The molecule has 3 aromatic rings. The molecule has 0 aliphatic rings. The van der Waals surface area contributed by atoms with Crippen molar-refractivity contribution in [1.82, 2.24) is 9.78 Å². The molecule has 0 aliphatic heterocycles. The van der Waals surface area contributed by atoms with E-state index in [1.165, 1.54) is 18.4 Å². The Morgan fingerprint density at radius 2 is 1.69 bits per heavy atom. The van der Waals surface area contributed by atoms with E-state index >= 15 is 0 Å². The molecular formula is C25H30N4. The predicted molar refractivity (Wildman–Crippen MR) is 120 cm³/mol. The van der Waals surface area contributed by atoms with Crippen LogP contribution < -0.4 is 5.32 Å². The quantitative estimate of drug-likeness (QED) is 0.501. The summed E-state index contributed by atoms with van der Waals surface area (Å²) in [4.78, 5) is 0. The van der Waals surface area contributed by atoms with E-state index in [0.717, 1.165) is 35.2 Å². The van der Waals surface area contributed by atoms with Crippen molar-refractivity contribution >= 4 is 5.82 Å². The molecule has 1 atom stereocenters. The van der Waals surface area contributed by atoms with E-state index in [4.69, 9.17) is 10.4 Å². The number of aromatic nitrogens is 2. The van der Waals surface area contributed by atoms with Crippen molar-refractivity contribution in [2.45, 2.75) is 40.5 Å². The number of hydrogen-bond acceptors (Lipinski definition) is 3. The molecule has 4 nitrogen and oxygen atoms in total. The highest BCUT2D eigenvalue weighted by atomic mass is 15.3. The average Bonchev–Trinajstić information content (AvgIpc) is 3.15. The third kappa shape index (κ3) is 5.48. The number of aryl methyl sites for hydroxylation is 1. The Balaban J connectivity index is 1.87. The Hall–Kier alpha value is -3.06. The summed E-state index contributed by atoms with van der Waals surface area (Å²) < 4.78 is 1.95. The molecule has 1 heterocycles. The molecule has 0 saturated carbocycles. The lowest BCUT2D eigenvalue weighted by Gasteiger charge is -2.13. The van der Waals surface area contributed by atoms with E-state index in [-0.39, 0.29) is 0 Å². The van der Waals surface area contributed by atoms with Crippen molar-refractivity contribution in [3.8, 4) is 23.0 Å². The zero-order chi connectivity index (χ0) is 20.8. The van der Waals surface area contributed by atoms with Crippen molar-refractivity contribution in [2.24, 2.45) is 11.8 Å². The molecule has 29 heavy (non-hydrogen) atoms. The fraction of sp³-hybridized carbons (Fsp3) is 0.360. The van der Waals surface area contributed by atoms with E-state index in [1.807, 2.05) is 28.9 Å². The molecule has 2 aromatic carbocycles. The second-order valence-corrected chi connectivity index (χ2v) is 8.31. The van der Waals surface area contributed by atoms with Crippen LogP contribution in [0.2, 0.25) is 0 Å². The van der Waals surface area contributed by atoms with E-state index in [0.29, 0.717) is 11.5 Å². The number of hydrogen-bond donors (Lipinski definition) is 1. The van der Waals surface area contributed by atoms with Crippen molar-refractivity contribution in [3.63, 3.8) is 0 Å². The molecule has 0 fully saturated rings. The topological polar surface area (TPSA) is 53.6 Å². The molecule has 1 N–H and O–H groups in total. The van der Waals surface area contributed by atoms with Crippen LogP contribution in [0.5, 0.6) is 0 Å². The maximum absolute atomic E-state index is 9.08. The van der Waals surface area contributed by atoms with Gasteiger partial charge in [0.15, 0.2) is 0 Å². The largest absolute Gasteiger partial charge is 0.368 e. The van der Waals surface area contributed by atoms with Gasteiger partial charge in [0.05, 0.1) is 23.0 Å². The Labute approximate surface area is 174 Å². The average molecular weight is 387 g/mol. The maximum Gasteiger partial charge on any atom is 0.149 e. The summed E-state index contributed by atoms with van der Waals surface area (Å²) in [5, 5.41) is 17.4. The summed E-state index contributed by atoms with van der Waals surface area (Å²) in [5.74, 6) is 2.21. The Bertz CT molecular complexity index is 960. The number of benzene rings is 2. The first-order valence-corrected chi connectivity index (χ1v) is 10.4. The van der Waals surface area contributed by atoms with Crippen LogP contribution in [-0.2, 0) is 0 Å². The number of nitrogens with zero attached hydrogens (tertiary/aromatic N) is 3. The van der Waals surface area contributed by atoms with Gasteiger partial charge >= 0.3 is 0 Å². The molecule has 150 valence electrons. The minimum Gasteiger partial charge on any atom is -0.368 e. The third-order valence-electron chi connectivity index (χ3n) is 5.17. The number of rotatable bonds is 8. The van der Waals surface area contributed by atoms with Crippen LogP contribution in [-0.4, -0.2) is 16.3 Å². The van der Waals surface area contributed by atoms with E-state index in [2.05, 4.69) is 69.4 Å². The van der Waals surface area contributed by atoms with Gasteiger partial charge in [0.2, 0.25) is 0 Å². The standard InChI is InChI=1S/C25H30N4/c1-18(2)5-6-20(4)17-27-25-15-24(22-11-7-19(3)8-12-22)29(28-25)23-13-9-21(16-26)10-14-23/h7-15,18,20H,5-6,17H2,1-4H3,(H,27,28). The fourth-order valence-corrected chi connectivity index (χ4v) is 3.27. The Kier molecular flexibility index (Phi) is 6.72. The van der Waals surface area contributed by atoms with Crippen LogP contribution in [0.4, 0.5) is 5.82 Å². The SMILES string of the molecule is Cc1ccc(-c2cc(NCC(C)CCC(C)C)nn2-c2ccc(C#N)cc2)cc1. The van der Waals surface area contributed by atoms with E-state index in [9.17, 15) is 0 Å². The summed E-state index contributed by atoms with van der Waals surface area (Å²) in [6.07, 6.45) is 2.46. The normalized spacial score (nSPS) is 12.0. The van der Waals surface area contributed by atoms with Crippen molar-refractivity contribution in [3.05, 3.63) is 65.7 Å². The van der Waals surface area contributed by atoms with Gasteiger partial charge in [-0.15, -0.1) is 5.10 Å². The summed E-state index contributed by atoms with van der Waals surface area (Å²) in [5.41, 5.74) is 4.98. The van der Waals surface area contributed by atoms with Gasteiger partial charge in [-0.3, -0.25) is 0 Å². The van der Waals surface area contributed by atoms with Crippen LogP contribution in [0.15, 0.2) is 54.6 Å². The first-order chi connectivity index (χ1) is 14.0. The van der Waals surface area contributed by atoms with Gasteiger partial charge in [0.25, 0.3) is 0 Å². The van der Waals surface area contributed by atoms with Crippen LogP contribution in [0, 0.1) is 30.1 Å². The van der Waals surface area contributed by atoms with Crippen molar-refractivity contribution < 1.29 is 0 Å². The zero-order valence-electron chi connectivity index (χ0n) is 17.8. The van der Waals surface area contributed by atoms with Gasteiger partial charge in [-0.2, -0.15) is 5.26 Å². The Morgan fingerprint density at radius 3 is 2.31 bits per heavy atom. The van der Waals surface area contributed by atoms with Crippen LogP contribution in [0.25, 0.3) is 16.9 Å². The van der Waals surface area contributed by atoms with Gasteiger partial charge in [-0.1, -0.05) is 57.0 Å². The second-order valence-electron chi connectivity index (χ2n) is 8.31. The number of nitriles is 1.